The Bertz CT molecular complexity index is 410. The number of amides is 2. The molecule has 0 saturated carbocycles. The van der Waals surface area contributed by atoms with Crippen LogP contribution in [-0.4, -0.2) is 63.8 Å². The van der Waals surface area contributed by atoms with Gasteiger partial charge in [0.2, 0.25) is 0 Å². The molecule has 0 aliphatic carbocycles. The van der Waals surface area contributed by atoms with Crippen molar-refractivity contribution in [1.82, 2.24) is 9.80 Å². The molecule has 20 heavy (non-hydrogen) atoms. The molecule has 2 aliphatic heterocycles. The second-order valence-corrected chi connectivity index (χ2v) is 6.66. The Morgan fingerprint density at radius 2 is 1.65 bits per heavy atom. The van der Waals surface area contributed by atoms with Crippen LogP contribution in [0.25, 0.3) is 0 Å². The highest BCUT2D eigenvalue weighted by atomic mass is 16.4. The third-order valence-corrected chi connectivity index (χ3v) is 4.59. The minimum atomic E-state index is -0.841. The molecule has 2 N–H and O–H groups in total. The van der Waals surface area contributed by atoms with Gasteiger partial charge in [0.15, 0.2) is 0 Å². The van der Waals surface area contributed by atoms with Gasteiger partial charge in [0.1, 0.15) is 0 Å². The molecule has 0 aromatic carbocycles. The zero-order valence-corrected chi connectivity index (χ0v) is 12.3. The highest BCUT2D eigenvalue weighted by molar-refractivity contribution is 5.79. The molecule has 0 bridgehead atoms. The molecule has 6 nitrogen and oxygen atoms in total. The van der Waals surface area contributed by atoms with E-state index < -0.39 is 17.0 Å². The van der Waals surface area contributed by atoms with Crippen LogP contribution in [0.2, 0.25) is 0 Å². The van der Waals surface area contributed by atoms with Gasteiger partial charge in [-0.1, -0.05) is 0 Å². The maximum atomic E-state index is 12.5. The molecule has 2 atom stereocenters. The van der Waals surface area contributed by atoms with Crippen LogP contribution in [0.15, 0.2) is 0 Å². The maximum Gasteiger partial charge on any atom is 0.320 e. The first-order chi connectivity index (χ1) is 9.23. The van der Waals surface area contributed by atoms with Crippen molar-refractivity contribution in [3.63, 3.8) is 0 Å². The minimum absolute atomic E-state index is 0.0901. The van der Waals surface area contributed by atoms with E-state index in [9.17, 15) is 19.8 Å². The highest BCUT2D eigenvalue weighted by Crippen LogP contribution is 2.31. The molecule has 2 aliphatic rings. The Morgan fingerprint density at radius 3 is 2.25 bits per heavy atom. The van der Waals surface area contributed by atoms with Crippen LogP contribution in [0.3, 0.4) is 0 Å². The summed E-state index contributed by atoms with van der Waals surface area (Å²) in [6.45, 7) is 5.43. The predicted octanol–water partition coefficient (Wildman–Crippen LogP) is 1.14. The lowest BCUT2D eigenvalue weighted by Gasteiger charge is -2.28. The Hall–Kier alpha value is -1.30. The monoisotopic (exact) mass is 284 g/mol. The number of nitrogens with zero attached hydrogens (tertiary/aromatic N) is 2. The molecule has 2 fully saturated rings. The molecule has 2 heterocycles. The van der Waals surface area contributed by atoms with E-state index in [-0.39, 0.29) is 12.6 Å². The number of carboxylic acid groups (broad SMARTS) is 1. The summed E-state index contributed by atoms with van der Waals surface area (Å²) in [5, 5.41) is 19.3. The fraction of sp³-hybridized carbons (Fsp3) is 0.857. The lowest BCUT2D eigenvalue weighted by atomic mass is 9.90. The molecule has 2 amide bonds. The van der Waals surface area contributed by atoms with E-state index in [1.54, 1.807) is 23.6 Å². The van der Waals surface area contributed by atoms with Gasteiger partial charge < -0.3 is 20.0 Å². The molecular weight excluding hydrogens is 260 g/mol. The number of aliphatic hydroxyl groups is 1. The molecule has 2 saturated heterocycles. The molecular formula is C14H24N2O4. The van der Waals surface area contributed by atoms with E-state index in [1.165, 1.54) is 0 Å². The molecule has 0 aromatic heterocycles. The van der Waals surface area contributed by atoms with Crippen molar-refractivity contribution in [2.45, 2.75) is 45.1 Å². The van der Waals surface area contributed by atoms with Gasteiger partial charge in [-0.15, -0.1) is 0 Å². The van der Waals surface area contributed by atoms with Crippen LogP contribution >= 0.6 is 0 Å². The second kappa shape index (κ2) is 5.24. The van der Waals surface area contributed by atoms with Crippen LogP contribution in [0.1, 0.15) is 39.5 Å². The number of hydrogen-bond donors (Lipinski definition) is 2. The third kappa shape index (κ3) is 3.06. The maximum absolute atomic E-state index is 12.5. The van der Waals surface area contributed by atoms with Gasteiger partial charge in [0, 0.05) is 26.2 Å². The highest BCUT2D eigenvalue weighted by Gasteiger charge is 2.43. The number of hydrogen-bond acceptors (Lipinski definition) is 3. The van der Waals surface area contributed by atoms with E-state index in [4.69, 9.17) is 0 Å². The number of carbonyl (C=O) groups is 2. The Morgan fingerprint density at radius 1 is 1.00 bits per heavy atom. The fourth-order valence-electron chi connectivity index (χ4n) is 2.95. The summed E-state index contributed by atoms with van der Waals surface area (Å²) >= 11 is 0. The van der Waals surface area contributed by atoms with Crippen LogP contribution < -0.4 is 0 Å². The van der Waals surface area contributed by atoms with Gasteiger partial charge >= 0.3 is 12.0 Å². The van der Waals surface area contributed by atoms with E-state index in [2.05, 4.69) is 0 Å². The minimum Gasteiger partial charge on any atom is -0.481 e. The molecule has 114 valence electrons. The van der Waals surface area contributed by atoms with Crippen molar-refractivity contribution in [2.24, 2.45) is 5.41 Å². The van der Waals surface area contributed by atoms with Crippen LogP contribution in [0.4, 0.5) is 4.79 Å². The lowest BCUT2D eigenvalue weighted by molar-refractivity contribution is -0.147. The van der Waals surface area contributed by atoms with E-state index in [1.807, 2.05) is 0 Å². The first-order valence-corrected chi connectivity index (χ1v) is 7.23. The molecule has 6 heteroatoms. The quantitative estimate of drug-likeness (QED) is 0.756. The molecule has 0 radical (unpaired) electrons. The molecule has 0 aromatic rings. The summed E-state index contributed by atoms with van der Waals surface area (Å²) in [5.74, 6) is -0.841. The van der Waals surface area contributed by atoms with Crippen molar-refractivity contribution < 1.29 is 19.8 Å². The first kappa shape index (κ1) is 15.1. The predicted molar refractivity (Wildman–Crippen MR) is 73.4 cm³/mol. The van der Waals surface area contributed by atoms with E-state index >= 15 is 0 Å². The van der Waals surface area contributed by atoms with Crippen molar-refractivity contribution in [3.8, 4) is 0 Å². The topological polar surface area (TPSA) is 81.1 Å². The average molecular weight is 284 g/mol. The zero-order chi connectivity index (χ0) is 15.0. The van der Waals surface area contributed by atoms with Gasteiger partial charge in [-0.2, -0.15) is 0 Å². The first-order valence-electron chi connectivity index (χ1n) is 7.23. The van der Waals surface area contributed by atoms with Gasteiger partial charge in [-0.05, 0) is 39.5 Å². The number of urea groups is 1. The summed E-state index contributed by atoms with van der Waals surface area (Å²) in [6.07, 6.45) is 2.55. The van der Waals surface area contributed by atoms with E-state index in [0.717, 1.165) is 6.42 Å². The third-order valence-electron chi connectivity index (χ3n) is 4.59. The van der Waals surface area contributed by atoms with Crippen LogP contribution in [-0.2, 0) is 4.79 Å². The summed E-state index contributed by atoms with van der Waals surface area (Å²) < 4.78 is 0. The van der Waals surface area contributed by atoms with Crippen molar-refractivity contribution in [1.29, 1.82) is 0 Å². The molecule has 2 rings (SSSR count). The summed E-state index contributed by atoms with van der Waals surface area (Å²) in [7, 11) is 0. The van der Waals surface area contributed by atoms with Crippen LogP contribution in [0.5, 0.6) is 0 Å². The van der Waals surface area contributed by atoms with Crippen molar-refractivity contribution in [3.05, 3.63) is 0 Å². The standard InChI is InChI=1S/C14H24N2O4/c1-13(11(17)18)5-8-16(10-13)12(19)15-7-3-4-14(2,20)6-9-15/h20H,3-10H2,1-2H3,(H,17,18). The SMILES string of the molecule is CC1(O)CCCN(C(=O)N2CCC(C)(C(=O)O)C2)CC1. The van der Waals surface area contributed by atoms with Gasteiger partial charge in [-0.25, -0.2) is 4.79 Å². The zero-order valence-electron chi connectivity index (χ0n) is 12.3. The van der Waals surface area contributed by atoms with E-state index in [0.29, 0.717) is 38.9 Å². The average Bonchev–Trinajstić information content (AvgIpc) is 2.67. The van der Waals surface area contributed by atoms with Gasteiger partial charge in [0.25, 0.3) is 0 Å². The number of carbonyl (C=O) groups excluding carboxylic acids is 1. The molecule has 2 unspecified atom stereocenters. The summed E-state index contributed by atoms with van der Waals surface area (Å²) in [6, 6.07) is -0.0901. The number of likely N-dealkylation sites (tertiary alicyclic amines) is 2. The number of aliphatic carboxylic acids is 1. The normalized spacial score (nSPS) is 35.0. The van der Waals surface area contributed by atoms with Crippen LogP contribution in [0, 0.1) is 5.41 Å². The lowest BCUT2D eigenvalue weighted by Crippen LogP contribution is -2.44. The number of rotatable bonds is 1. The Labute approximate surface area is 119 Å². The Balaban J connectivity index is 1.97. The van der Waals surface area contributed by atoms with Crippen molar-refractivity contribution in [2.75, 3.05) is 26.2 Å². The Kier molecular flexibility index (Phi) is 3.95. The smallest absolute Gasteiger partial charge is 0.320 e. The fourth-order valence-corrected chi connectivity index (χ4v) is 2.95. The largest absolute Gasteiger partial charge is 0.481 e. The van der Waals surface area contributed by atoms with Gasteiger partial charge in [0.05, 0.1) is 11.0 Å². The summed E-state index contributed by atoms with van der Waals surface area (Å²) in [4.78, 5) is 27.1. The summed E-state index contributed by atoms with van der Waals surface area (Å²) in [5.41, 5.74) is -1.53. The number of carboxylic acids is 1. The molecule has 0 spiro atoms. The van der Waals surface area contributed by atoms with Crippen molar-refractivity contribution >= 4 is 12.0 Å². The van der Waals surface area contributed by atoms with Gasteiger partial charge in [-0.3, -0.25) is 4.79 Å². The second-order valence-electron chi connectivity index (χ2n) is 6.66.